The molecule has 0 aliphatic carbocycles. The summed E-state index contributed by atoms with van der Waals surface area (Å²) in [6, 6.07) is 21.4. The van der Waals surface area contributed by atoms with Gasteiger partial charge in [-0.2, -0.15) is 4.72 Å². The molecule has 0 saturated heterocycles. The van der Waals surface area contributed by atoms with E-state index >= 15 is 0 Å². The van der Waals surface area contributed by atoms with E-state index in [0.717, 1.165) is 21.6 Å². The zero-order chi connectivity index (χ0) is 21.7. The lowest BCUT2D eigenvalue weighted by atomic mass is 9.98. The Hall–Kier alpha value is -2.61. The van der Waals surface area contributed by atoms with Crippen molar-refractivity contribution in [3.63, 3.8) is 0 Å². The minimum Gasteiger partial charge on any atom is -0.325 e. The molecule has 0 aromatic heterocycles. The van der Waals surface area contributed by atoms with Crippen molar-refractivity contribution in [3.8, 4) is 0 Å². The lowest BCUT2D eigenvalue weighted by molar-refractivity contribution is -0.114. The highest BCUT2D eigenvalue weighted by molar-refractivity contribution is 7.98. The number of aryl methyl sites for hydroxylation is 1. The zero-order valence-corrected chi connectivity index (χ0v) is 18.7. The Balaban J connectivity index is 2.03. The number of carbonyl (C=O) groups excluding carboxylic acids is 1. The summed E-state index contributed by atoms with van der Waals surface area (Å²) in [4.78, 5) is 12.4. The summed E-state index contributed by atoms with van der Waals surface area (Å²) in [5.41, 5.74) is 3.22. The van der Waals surface area contributed by atoms with E-state index in [0.29, 0.717) is 5.69 Å². The topological polar surface area (TPSA) is 75.3 Å². The van der Waals surface area contributed by atoms with E-state index in [2.05, 4.69) is 10.0 Å². The molecule has 0 fully saturated rings. The molecular formula is C23H24N2O3S2. The van der Waals surface area contributed by atoms with Gasteiger partial charge in [0.1, 0.15) is 0 Å². The Morgan fingerprint density at radius 3 is 2.27 bits per heavy atom. The van der Waals surface area contributed by atoms with Crippen LogP contribution < -0.4 is 10.0 Å². The molecule has 0 radical (unpaired) electrons. The van der Waals surface area contributed by atoms with Crippen molar-refractivity contribution in [2.45, 2.75) is 29.7 Å². The number of nitrogens with one attached hydrogen (secondary N) is 2. The lowest BCUT2D eigenvalue weighted by Crippen LogP contribution is -2.29. The molecule has 156 valence electrons. The third kappa shape index (κ3) is 5.30. The highest BCUT2D eigenvalue weighted by Crippen LogP contribution is 2.30. The molecule has 0 heterocycles. The molecule has 2 N–H and O–H groups in total. The average Bonchev–Trinajstić information content (AvgIpc) is 2.72. The molecule has 3 aromatic rings. The van der Waals surface area contributed by atoms with Gasteiger partial charge in [-0.05, 0) is 42.5 Å². The summed E-state index contributed by atoms with van der Waals surface area (Å²) >= 11 is 1.44. The monoisotopic (exact) mass is 440 g/mol. The van der Waals surface area contributed by atoms with Crippen LogP contribution in [0, 0.1) is 6.92 Å². The van der Waals surface area contributed by atoms with Gasteiger partial charge in [0.2, 0.25) is 15.9 Å². The number of benzene rings is 3. The fourth-order valence-corrected chi connectivity index (χ4v) is 4.96. The molecule has 7 heteroatoms. The van der Waals surface area contributed by atoms with Crippen LogP contribution in [0.15, 0.2) is 82.6 Å². The van der Waals surface area contributed by atoms with E-state index in [1.54, 1.807) is 12.1 Å². The van der Waals surface area contributed by atoms with E-state index in [-0.39, 0.29) is 10.8 Å². The lowest BCUT2D eigenvalue weighted by Gasteiger charge is -2.21. The van der Waals surface area contributed by atoms with E-state index in [1.165, 1.54) is 24.8 Å². The summed E-state index contributed by atoms with van der Waals surface area (Å²) in [6.45, 7) is 3.37. The predicted octanol–water partition coefficient (Wildman–Crippen LogP) is 4.74. The average molecular weight is 441 g/mol. The highest BCUT2D eigenvalue weighted by Gasteiger charge is 2.24. The molecule has 0 spiro atoms. The maximum Gasteiger partial charge on any atom is 0.241 e. The van der Waals surface area contributed by atoms with Crippen LogP contribution in [0.5, 0.6) is 0 Å². The van der Waals surface area contributed by atoms with Gasteiger partial charge in [0.15, 0.2) is 0 Å². The van der Waals surface area contributed by atoms with Crippen LogP contribution in [0.25, 0.3) is 0 Å². The second kappa shape index (κ2) is 9.47. The van der Waals surface area contributed by atoms with E-state index in [9.17, 15) is 13.2 Å². The fourth-order valence-electron chi connectivity index (χ4n) is 3.19. The minimum atomic E-state index is -3.86. The van der Waals surface area contributed by atoms with Crippen LogP contribution >= 0.6 is 11.8 Å². The van der Waals surface area contributed by atoms with Crippen LogP contribution in [-0.4, -0.2) is 20.6 Å². The van der Waals surface area contributed by atoms with Crippen molar-refractivity contribution >= 4 is 33.4 Å². The maximum atomic E-state index is 13.3. The van der Waals surface area contributed by atoms with Gasteiger partial charge >= 0.3 is 0 Å². The van der Waals surface area contributed by atoms with Gasteiger partial charge in [-0.15, -0.1) is 11.8 Å². The maximum absolute atomic E-state index is 13.3. The highest BCUT2D eigenvalue weighted by atomic mass is 32.2. The first-order valence-corrected chi connectivity index (χ1v) is 12.1. The number of hydrogen-bond donors (Lipinski definition) is 2. The molecule has 1 amide bonds. The second-order valence-corrected chi connectivity index (χ2v) is 9.48. The molecule has 30 heavy (non-hydrogen) atoms. The van der Waals surface area contributed by atoms with E-state index in [1.807, 2.05) is 67.8 Å². The Morgan fingerprint density at radius 2 is 1.63 bits per heavy atom. The summed E-state index contributed by atoms with van der Waals surface area (Å²) < 4.78 is 29.4. The fraction of sp³-hybridized carbons (Fsp3) is 0.174. The van der Waals surface area contributed by atoms with Crippen molar-refractivity contribution in [2.24, 2.45) is 0 Å². The number of anilines is 1. The predicted molar refractivity (Wildman–Crippen MR) is 122 cm³/mol. The van der Waals surface area contributed by atoms with Gasteiger partial charge in [-0.1, -0.05) is 60.2 Å². The molecule has 5 nitrogen and oxygen atoms in total. The summed E-state index contributed by atoms with van der Waals surface area (Å²) in [6.07, 6.45) is 1.87. The smallest absolute Gasteiger partial charge is 0.241 e. The van der Waals surface area contributed by atoms with Crippen LogP contribution in [0.2, 0.25) is 0 Å². The first-order valence-electron chi connectivity index (χ1n) is 9.39. The SMILES string of the molecule is CSc1ccc(S(=O)(=O)NC(c2ccccc2)c2cccc(C)c2)cc1NC(C)=O. The van der Waals surface area contributed by atoms with Crippen molar-refractivity contribution < 1.29 is 13.2 Å². The Labute approximate surface area is 182 Å². The third-order valence-electron chi connectivity index (χ3n) is 4.57. The number of thioether (sulfide) groups is 1. The van der Waals surface area contributed by atoms with Crippen LogP contribution in [0.4, 0.5) is 5.69 Å². The van der Waals surface area contributed by atoms with Crippen LogP contribution in [0.3, 0.4) is 0 Å². The third-order valence-corrected chi connectivity index (χ3v) is 6.79. The molecule has 0 saturated carbocycles. The van der Waals surface area contributed by atoms with Crippen molar-refractivity contribution in [3.05, 3.63) is 89.5 Å². The standard InChI is InChI=1S/C23H24N2O3S2/c1-16-8-7-11-19(14-16)23(18-9-5-4-6-10-18)25-30(27,28)20-12-13-22(29-3)21(15-20)24-17(2)26/h4-15,23,25H,1-3H3,(H,24,26). The van der Waals surface area contributed by atoms with Crippen LogP contribution in [-0.2, 0) is 14.8 Å². The Bertz CT molecular complexity index is 1150. The van der Waals surface area contributed by atoms with E-state index in [4.69, 9.17) is 0 Å². The van der Waals surface area contributed by atoms with E-state index < -0.39 is 16.1 Å². The van der Waals surface area contributed by atoms with Gasteiger partial charge in [0.05, 0.1) is 16.6 Å². The molecule has 0 bridgehead atoms. The number of hydrogen-bond acceptors (Lipinski definition) is 4. The Kier molecular flexibility index (Phi) is 6.97. The Morgan fingerprint density at radius 1 is 0.933 bits per heavy atom. The van der Waals surface area contributed by atoms with Gasteiger partial charge in [0.25, 0.3) is 0 Å². The molecule has 1 atom stereocenters. The zero-order valence-electron chi connectivity index (χ0n) is 17.0. The van der Waals surface area contributed by atoms with Crippen molar-refractivity contribution in [2.75, 3.05) is 11.6 Å². The summed E-state index contributed by atoms with van der Waals surface area (Å²) in [5, 5.41) is 2.71. The number of rotatable bonds is 7. The first-order chi connectivity index (χ1) is 14.3. The minimum absolute atomic E-state index is 0.0950. The number of sulfonamides is 1. The molecule has 0 aliphatic rings. The van der Waals surface area contributed by atoms with Gasteiger partial charge < -0.3 is 5.32 Å². The molecular weight excluding hydrogens is 416 g/mol. The van der Waals surface area contributed by atoms with Crippen molar-refractivity contribution in [1.82, 2.24) is 4.72 Å². The normalized spacial score (nSPS) is 12.4. The van der Waals surface area contributed by atoms with Gasteiger partial charge in [0, 0.05) is 11.8 Å². The number of carbonyl (C=O) groups is 1. The molecule has 3 rings (SSSR count). The molecule has 3 aromatic carbocycles. The number of amides is 1. The van der Waals surface area contributed by atoms with Crippen molar-refractivity contribution in [1.29, 1.82) is 0 Å². The molecule has 1 unspecified atom stereocenters. The van der Waals surface area contributed by atoms with Gasteiger partial charge in [-0.25, -0.2) is 8.42 Å². The van der Waals surface area contributed by atoms with Crippen LogP contribution in [0.1, 0.15) is 29.7 Å². The van der Waals surface area contributed by atoms with Gasteiger partial charge in [-0.3, -0.25) is 4.79 Å². The largest absolute Gasteiger partial charge is 0.325 e. The first kappa shape index (κ1) is 22.1. The second-order valence-electron chi connectivity index (χ2n) is 6.92. The summed E-state index contributed by atoms with van der Waals surface area (Å²) in [5.74, 6) is -0.255. The quantitative estimate of drug-likeness (QED) is 0.520. The summed E-state index contributed by atoms with van der Waals surface area (Å²) in [7, 11) is -3.86. The molecule has 0 aliphatic heterocycles.